The zero-order chi connectivity index (χ0) is 18.6. The number of anilines is 1. The molecule has 8 heteroatoms. The maximum Gasteiger partial charge on any atom is 0.323 e. The second kappa shape index (κ2) is 8.33. The zero-order valence-electron chi connectivity index (χ0n) is 15.5. The van der Waals surface area contributed by atoms with E-state index in [1.165, 1.54) is 11.3 Å². The number of likely N-dealkylation sites (tertiary alicyclic amines) is 1. The number of ether oxygens (including phenoxy) is 1. The number of urea groups is 1. The van der Waals surface area contributed by atoms with Crippen LogP contribution in [0.4, 0.5) is 9.93 Å². The van der Waals surface area contributed by atoms with Gasteiger partial charge in [0.1, 0.15) is 0 Å². The van der Waals surface area contributed by atoms with E-state index < -0.39 is 0 Å². The molecule has 2 aliphatic heterocycles. The second-order valence-corrected chi connectivity index (χ2v) is 7.96. The molecule has 0 bridgehead atoms. The first-order valence-electron chi connectivity index (χ1n) is 9.46. The van der Waals surface area contributed by atoms with Gasteiger partial charge < -0.3 is 9.64 Å². The molecule has 2 saturated heterocycles. The third kappa shape index (κ3) is 4.45. The number of piperidine rings is 1. The van der Waals surface area contributed by atoms with Gasteiger partial charge in [0.05, 0.1) is 18.4 Å². The molecule has 2 aliphatic rings. The van der Waals surface area contributed by atoms with Crippen molar-refractivity contribution in [2.45, 2.75) is 31.9 Å². The fourth-order valence-corrected chi connectivity index (χ4v) is 4.47. The lowest BCUT2D eigenvalue weighted by Crippen LogP contribution is -2.52. The molecule has 2 amide bonds. The van der Waals surface area contributed by atoms with Crippen molar-refractivity contribution in [2.24, 2.45) is 0 Å². The van der Waals surface area contributed by atoms with Crippen LogP contribution < -0.4 is 5.32 Å². The molecule has 0 radical (unpaired) electrons. The number of aromatic nitrogens is 2. The van der Waals surface area contributed by atoms with Crippen molar-refractivity contribution >= 4 is 22.5 Å². The molecule has 1 N–H and O–H groups in total. The molecule has 4 heterocycles. The van der Waals surface area contributed by atoms with Gasteiger partial charge in [-0.2, -0.15) is 0 Å². The topological polar surface area (TPSA) is 70.6 Å². The predicted octanol–water partition coefficient (Wildman–Crippen LogP) is 2.92. The van der Waals surface area contributed by atoms with Gasteiger partial charge in [0, 0.05) is 55.6 Å². The molecule has 144 valence electrons. The molecule has 0 aromatic carbocycles. The maximum absolute atomic E-state index is 12.6. The Hall–Kier alpha value is -2.03. The number of pyridine rings is 1. The molecule has 4 rings (SSSR count). The molecule has 2 aromatic heterocycles. The van der Waals surface area contributed by atoms with Gasteiger partial charge in [-0.25, -0.2) is 9.78 Å². The van der Waals surface area contributed by atoms with Crippen LogP contribution in [0.2, 0.25) is 0 Å². The molecule has 0 spiro atoms. The summed E-state index contributed by atoms with van der Waals surface area (Å²) in [6.07, 6.45) is 5.84. The Balaban J connectivity index is 1.29. The van der Waals surface area contributed by atoms with E-state index in [9.17, 15) is 4.79 Å². The Morgan fingerprint density at radius 1 is 1.33 bits per heavy atom. The Bertz CT molecular complexity index is 760. The Labute approximate surface area is 163 Å². The van der Waals surface area contributed by atoms with Gasteiger partial charge in [-0.05, 0) is 31.9 Å². The highest BCUT2D eigenvalue weighted by Gasteiger charge is 2.29. The van der Waals surface area contributed by atoms with Crippen LogP contribution in [0, 0.1) is 0 Å². The van der Waals surface area contributed by atoms with Crippen molar-refractivity contribution in [1.29, 1.82) is 0 Å². The lowest BCUT2D eigenvalue weighted by atomic mass is 10.0. The first-order valence-corrected chi connectivity index (χ1v) is 10.3. The highest BCUT2D eigenvalue weighted by molar-refractivity contribution is 7.14. The van der Waals surface area contributed by atoms with Crippen molar-refractivity contribution in [2.75, 3.05) is 38.1 Å². The Kier molecular flexibility index (Phi) is 5.66. The molecule has 27 heavy (non-hydrogen) atoms. The summed E-state index contributed by atoms with van der Waals surface area (Å²) < 4.78 is 5.63. The lowest BCUT2D eigenvalue weighted by Gasteiger charge is -2.41. The molecule has 2 aromatic rings. The fourth-order valence-electron chi connectivity index (χ4n) is 3.76. The molecule has 7 nitrogen and oxygen atoms in total. The summed E-state index contributed by atoms with van der Waals surface area (Å²) in [5.74, 6) is 0. The average Bonchev–Trinajstić information content (AvgIpc) is 3.17. The Morgan fingerprint density at radius 3 is 2.93 bits per heavy atom. The highest BCUT2D eigenvalue weighted by Crippen LogP contribution is 2.25. The number of hydrogen-bond donors (Lipinski definition) is 1. The monoisotopic (exact) mass is 387 g/mol. The fraction of sp³-hybridized carbons (Fsp3) is 0.526. The van der Waals surface area contributed by atoms with Gasteiger partial charge >= 0.3 is 6.03 Å². The van der Waals surface area contributed by atoms with E-state index in [2.05, 4.69) is 27.1 Å². The third-order valence-corrected chi connectivity index (χ3v) is 5.97. The standard InChI is InChI=1S/C19H25N5O2S/c1-14-12-24(9-10-26-14)16-4-7-23(8-5-16)19(25)22-18-21-17(13-27-18)15-3-2-6-20-11-15/h2-3,6,11,13-14,16H,4-5,7-10,12H2,1H3,(H,21,22,25). The van der Waals surface area contributed by atoms with E-state index >= 15 is 0 Å². The predicted molar refractivity (Wildman–Crippen MR) is 106 cm³/mol. The SMILES string of the molecule is CC1CN(C2CCN(C(=O)Nc3nc(-c4cccnc4)cs3)CC2)CCO1. The number of carbonyl (C=O) groups is 1. The zero-order valence-corrected chi connectivity index (χ0v) is 16.3. The van der Waals surface area contributed by atoms with Crippen molar-refractivity contribution in [3.05, 3.63) is 29.9 Å². The van der Waals surface area contributed by atoms with Crippen LogP contribution in [-0.4, -0.2) is 70.7 Å². The number of hydrogen-bond acceptors (Lipinski definition) is 6. The summed E-state index contributed by atoms with van der Waals surface area (Å²) in [4.78, 5) is 25.6. The molecule has 0 aliphatic carbocycles. The normalized spacial score (nSPS) is 22.0. The van der Waals surface area contributed by atoms with Crippen molar-refractivity contribution in [3.63, 3.8) is 0 Å². The number of amides is 2. The maximum atomic E-state index is 12.6. The highest BCUT2D eigenvalue weighted by atomic mass is 32.1. The summed E-state index contributed by atoms with van der Waals surface area (Å²) in [6, 6.07) is 4.34. The summed E-state index contributed by atoms with van der Waals surface area (Å²) in [7, 11) is 0. The number of morpholine rings is 1. The molecular weight excluding hydrogens is 362 g/mol. The van der Waals surface area contributed by atoms with Gasteiger partial charge in [0.25, 0.3) is 0 Å². The first kappa shape index (κ1) is 18.3. The smallest absolute Gasteiger partial charge is 0.323 e. The lowest BCUT2D eigenvalue weighted by molar-refractivity contribution is -0.0415. The van der Waals surface area contributed by atoms with E-state index in [4.69, 9.17) is 4.74 Å². The summed E-state index contributed by atoms with van der Waals surface area (Å²) in [5.41, 5.74) is 1.79. The first-order chi connectivity index (χ1) is 13.2. The van der Waals surface area contributed by atoms with E-state index in [1.54, 1.807) is 12.4 Å². The van der Waals surface area contributed by atoms with Crippen LogP contribution in [-0.2, 0) is 4.74 Å². The summed E-state index contributed by atoms with van der Waals surface area (Å²) in [5, 5.41) is 5.51. The van der Waals surface area contributed by atoms with Gasteiger partial charge in [0.15, 0.2) is 5.13 Å². The molecule has 0 saturated carbocycles. The molecule has 1 unspecified atom stereocenters. The number of thiazole rings is 1. The van der Waals surface area contributed by atoms with E-state index in [0.717, 1.165) is 56.9 Å². The van der Waals surface area contributed by atoms with Crippen LogP contribution in [0.3, 0.4) is 0 Å². The van der Waals surface area contributed by atoms with Gasteiger partial charge in [-0.1, -0.05) is 0 Å². The van der Waals surface area contributed by atoms with Crippen LogP contribution in [0.1, 0.15) is 19.8 Å². The minimum Gasteiger partial charge on any atom is -0.376 e. The molecule has 2 fully saturated rings. The third-order valence-electron chi connectivity index (χ3n) is 5.22. The van der Waals surface area contributed by atoms with Crippen molar-refractivity contribution in [3.8, 4) is 11.3 Å². The van der Waals surface area contributed by atoms with Crippen LogP contribution in [0.5, 0.6) is 0 Å². The van der Waals surface area contributed by atoms with Gasteiger partial charge in [0.2, 0.25) is 0 Å². The van der Waals surface area contributed by atoms with Crippen molar-refractivity contribution < 1.29 is 9.53 Å². The minimum atomic E-state index is -0.0594. The number of nitrogens with one attached hydrogen (secondary N) is 1. The van der Waals surface area contributed by atoms with Crippen molar-refractivity contribution in [1.82, 2.24) is 19.8 Å². The second-order valence-electron chi connectivity index (χ2n) is 7.10. The largest absolute Gasteiger partial charge is 0.376 e. The summed E-state index contributed by atoms with van der Waals surface area (Å²) in [6.45, 7) is 6.49. The molecular formula is C19H25N5O2S. The Morgan fingerprint density at radius 2 is 2.19 bits per heavy atom. The van der Waals surface area contributed by atoms with Crippen LogP contribution in [0.15, 0.2) is 29.9 Å². The van der Waals surface area contributed by atoms with Crippen LogP contribution in [0.25, 0.3) is 11.3 Å². The van der Waals surface area contributed by atoms with E-state index in [-0.39, 0.29) is 6.03 Å². The van der Waals surface area contributed by atoms with Gasteiger partial charge in [-0.3, -0.25) is 15.2 Å². The quantitative estimate of drug-likeness (QED) is 0.877. The van der Waals surface area contributed by atoms with Gasteiger partial charge in [-0.15, -0.1) is 11.3 Å². The van der Waals surface area contributed by atoms with E-state index in [1.807, 2.05) is 22.4 Å². The average molecular weight is 388 g/mol. The van der Waals surface area contributed by atoms with E-state index in [0.29, 0.717) is 17.3 Å². The number of rotatable bonds is 3. The van der Waals surface area contributed by atoms with Crippen LogP contribution >= 0.6 is 11.3 Å². The number of nitrogens with zero attached hydrogens (tertiary/aromatic N) is 4. The minimum absolute atomic E-state index is 0.0594. The molecule has 1 atom stereocenters. The summed E-state index contributed by atoms with van der Waals surface area (Å²) >= 11 is 1.44. The number of carbonyl (C=O) groups excluding carboxylic acids is 1.